The van der Waals surface area contributed by atoms with E-state index in [0.717, 1.165) is 13.1 Å². The Kier molecular flexibility index (Phi) is 4.80. The van der Waals surface area contributed by atoms with E-state index in [1.54, 1.807) is 0 Å². The zero-order chi connectivity index (χ0) is 12.1. The number of hydrogen-bond donors (Lipinski definition) is 1. The summed E-state index contributed by atoms with van der Waals surface area (Å²) in [6, 6.07) is 0. The van der Waals surface area contributed by atoms with E-state index in [2.05, 4.69) is 24.1 Å². The van der Waals surface area contributed by atoms with Crippen LogP contribution in [0, 0.1) is 6.92 Å². The molecule has 0 aromatic carbocycles. The van der Waals surface area contributed by atoms with Crippen LogP contribution >= 0.6 is 11.3 Å². The Balaban J connectivity index is 1.89. The number of anilines is 1. The number of hydrogen-bond acceptors (Lipinski definition) is 4. The standard InChI is InChI=1S/C13H23N3S/c1-3-4-7-14-10-12-11(2)15-13(17-12)16-8-5-6-9-16/h14H,3-10H2,1-2H3. The predicted octanol–water partition coefficient (Wildman–Crippen LogP) is 2.94. The van der Waals surface area contributed by atoms with Crippen LogP contribution in [0.1, 0.15) is 43.2 Å². The number of aromatic nitrogens is 1. The van der Waals surface area contributed by atoms with Crippen molar-refractivity contribution in [3.8, 4) is 0 Å². The van der Waals surface area contributed by atoms with Crippen molar-refractivity contribution in [2.45, 2.75) is 46.1 Å². The molecule has 2 heterocycles. The number of aryl methyl sites for hydroxylation is 1. The van der Waals surface area contributed by atoms with Crippen LogP contribution in [0.3, 0.4) is 0 Å². The third-order valence-electron chi connectivity index (χ3n) is 3.25. The van der Waals surface area contributed by atoms with E-state index < -0.39 is 0 Å². The van der Waals surface area contributed by atoms with Gasteiger partial charge in [0.1, 0.15) is 0 Å². The third kappa shape index (κ3) is 3.42. The lowest BCUT2D eigenvalue weighted by Gasteiger charge is -2.12. The fourth-order valence-corrected chi connectivity index (χ4v) is 3.21. The number of nitrogens with one attached hydrogen (secondary N) is 1. The molecule has 0 unspecified atom stereocenters. The van der Waals surface area contributed by atoms with Crippen molar-refractivity contribution in [1.29, 1.82) is 0 Å². The van der Waals surface area contributed by atoms with Crippen LogP contribution in [0.15, 0.2) is 0 Å². The van der Waals surface area contributed by atoms with Gasteiger partial charge in [-0.25, -0.2) is 4.98 Å². The minimum atomic E-state index is 0.983. The molecule has 4 heteroatoms. The lowest BCUT2D eigenvalue weighted by molar-refractivity contribution is 0.644. The summed E-state index contributed by atoms with van der Waals surface area (Å²) in [5.74, 6) is 0. The molecule has 1 fully saturated rings. The van der Waals surface area contributed by atoms with Crippen LogP contribution in [0.4, 0.5) is 5.13 Å². The smallest absolute Gasteiger partial charge is 0.185 e. The quantitative estimate of drug-likeness (QED) is 0.790. The first-order valence-corrected chi connectivity index (χ1v) is 7.55. The molecule has 0 atom stereocenters. The Bertz CT molecular complexity index is 342. The molecule has 1 aliphatic rings. The number of thiazole rings is 1. The first-order chi connectivity index (χ1) is 8.31. The predicted molar refractivity (Wildman–Crippen MR) is 74.9 cm³/mol. The van der Waals surface area contributed by atoms with Gasteiger partial charge in [0.05, 0.1) is 5.69 Å². The van der Waals surface area contributed by atoms with Crippen LogP contribution in [0.25, 0.3) is 0 Å². The fourth-order valence-electron chi connectivity index (χ4n) is 2.12. The van der Waals surface area contributed by atoms with Crippen LogP contribution in [0.5, 0.6) is 0 Å². The van der Waals surface area contributed by atoms with E-state index in [0.29, 0.717) is 0 Å². The minimum Gasteiger partial charge on any atom is -0.348 e. The molecule has 1 aromatic rings. The topological polar surface area (TPSA) is 28.2 Å². The van der Waals surface area contributed by atoms with Crippen LogP contribution < -0.4 is 10.2 Å². The molecule has 1 N–H and O–H groups in total. The van der Waals surface area contributed by atoms with Crippen molar-refractivity contribution >= 4 is 16.5 Å². The third-order valence-corrected chi connectivity index (χ3v) is 4.47. The van der Waals surface area contributed by atoms with E-state index in [-0.39, 0.29) is 0 Å². The number of unbranched alkanes of at least 4 members (excludes halogenated alkanes) is 1. The van der Waals surface area contributed by atoms with Crippen LogP contribution in [-0.2, 0) is 6.54 Å². The van der Waals surface area contributed by atoms with Gasteiger partial charge >= 0.3 is 0 Å². The zero-order valence-corrected chi connectivity index (χ0v) is 11.8. The summed E-state index contributed by atoms with van der Waals surface area (Å²) in [7, 11) is 0. The molecule has 1 aliphatic heterocycles. The van der Waals surface area contributed by atoms with Crippen molar-refractivity contribution in [3.05, 3.63) is 10.6 Å². The van der Waals surface area contributed by atoms with E-state index in [9.17, 15) is 0 Å². The van der Waals surface area contributed by atoms with Crippen molar-refractivity contribution in [2.24, 2.45) is 0 Å². The Morgan fingerprint density at radius 3 is 2.82 bits per heavy atom. The molecular formula is C13H23N3S. The molecule has 0 amide bonds. The molecule has 1 saturated heterocycles. The Morgan fingerprint density at radius 1 is 1.35 bits per heavy atom. The van der Waals surface area contributed by atoms with Gasteiger partial charge in [-0.3, -0.25) is 0 Å². The van der Waals surface area contributed by atoms with Crippen molar-refractivity contribution < 1.29 is 0 Å². The van der Waals surface area contributed by atoms with Crippen molar-refractivity contribution in [2.75, 3.05) is 24.5 Å². The maximum atomic E-state index is 4.70. The van der Waals surface area contributed by atoms with Gasteiger partial charge in [0.25, 0.3) is 0 Å². The van der Waals surface area contributed by atoms with Gasteiger partial charge in [-0.15, -0.1) is 11.3 Å². The SMILES string of the molecule is CCCCNCc1sc(N2CCCC2)nc1C. The maximum Gasteiger partial charge on any atom is 0.185 e. The number of nitrogens with zero attached hydrogens (tertiary/aromatic N) is 2. The van der Waals surface area contributed by atoms with E-state index in [1.807, 2.05) is 11.3 Å². The Labute approximate surface area is 108 Å². The summed E-state index contributed by atoms with van der Waals surface area (Å²) in [5, 5.41) is 4.73. The summed E-state index contributed by atoms with van der Waals surface area (Å²) >= 11 is 1.87. The summed E-state index contributed by atoms with van der Waals surface area (Å²) in [6.45, 7) is 8.84. The first kappa shape index (κ1) is 12.8. The molecule has 0 radical (unpaired) electrons. The molecular weight excluding hydrogens is 230 g/mol. The molecule has 96 valence electrons. The van der Waals surface area contributed by atoms with Gasteiger partial charge in [0.15, 0.2) is 5.13 Å². The Morgan fingerprint density at radius 2 is 2.12 bits per heavy atom. The van der Waals surface area contributed by atoms with E-state index in [1.165, 1.54) is 54.5 Å². The first-order valence-electron chi connectivity index (χ1n) is 6.73. The monoisotopic (exact) mass is 253 g/mol. The average molecular weight is 253 g/mol. The molecule has 0 aliphatic carbocycles. The zero-order valence-electron chi connectivity index (χ0n) is 11.0. The van der Waals surface area contributed by atoms with Gasteiger partial charge < -0.3 is 10.2 Å². The van der Waals surface area contributed by atoms with E-state index in [4.69, 9.17) is 4.98 Å². The second-order valence-electron chi connectivity index (χ2n) is 4.73. The lowest BCUT2D eigenvalue weighted by Crippen LogP contribution is -2.17. The molecule has 3 nitrogen and oxygen atoms in total. The largest absolute Gasteiger partial charge is 0.348 e. The average Bonchev–Trinajstić information content (AvgIpc) is 2.94. The summed E-state index contributed by atoms with van der Waals surface area (Å²) < 4.78 is 0. The molecule has 0 saturated carbocycles. The molecule has 2 rings (SSSR count). The van der Waals surface area contributed by atoms with Crippen LogP contribution in [0.2, 0.25) is 0 Å². The molecule has 17 heavy (non-hydrogen) atoms. The normalized spacial score (nSPS) is 15.8. The van der Waals surface area contributed by atoms with Crippen molar-refractivity contribution in [3.63, 3.8) is 0 Å². The van der Waals surface area contributed by atoms with E-state index >= 15 is 0 Å². The van der Waals surface area contributed by atoms with Crippen molar-refractivity contribution in [1.82, 2.24) is 10.3 Å². The molecule has 0 bridgehead atoms. The van der Waals surface area contributed by atoms with Gasteiger partial charge in [-0.2, -0.15) is 0 Å². The number of rotatable bonds is 6. The highest BCUT2D eigenvalue weighted by molar-refractivity contribution is 7.15. The van der Waals surface area contributed by atoms with Gasteiger partial charge in [-0.05, 0) is 32.7 Å². The summed E-state index contributed by atoms with van der Waals surface area (Å²) in [6.07, 6.45) is 5.16. The highest BCUT2D eigenvalue weighted by Gasteiger charge is 2.17. The highest BCUT2D eigenvalue weighted by atomic mass is 32.1. The molecule has 0 spiro atoms. The second-order valence-corrected chi connectivity index (χ2v) is 5.79. The van der Waals surface area contributed by atoms with Gasteiger partial charge in [-0.1, -0.05) is 13.3 Å². The fraction of sp³-hybridized carbons (Fsp3) is 0.769. The minimum absolute atomic E-state index is 0.983. The molecule has 1 aromatic heterocycles. The van der Waals surface area contributed by atoms with Gasteiger partial charge in [0, 0.05) is 24.5 Å². The summed E-state index contributed by atoms with van der Waals surface area (Å²) in [5.41, 5.74) is 1.21. The van der Waals surface area contributed by atoms with Gasteiger partial charge in [0.2, 0.25) is 0 Å². The lowest BCUT2D eigenvalue weighted by atomic mass is 10.3. The summed E-state index contributed by atoms with van der Waals surface area (Å²) in [4.78, 5) is 8.53. The maximum absolute atomic E-state index is 4.70. The van der Waals surface area contributed by atoms with Crippen LogP contribution in [-0.4, -0.2) is 24.6 Å². The Hall–Kier alpha value is -0.610. The highest BCUT2D eigenvalue weighted by Crippen LogP contribution is 2.28. The second kappa shape index (κ2) is 6.36.